The molecule has 0 aromatic carbocycles. The van der Waals surface area contributed by atoms with Crippen LogP contribution < -0.4 is 0 Å². The zero-order valence-corrected chi connectivity index (χ0v) is 17.5. The van der Waals surface area contributed by atoms with Crippen LogP contribution in [-0.2, 0) is 19.4 Å². The third kappa shape index (κ3) is 6.64. The number of sulfone groups is 1. The van der Waals surface area contributed by atoms with Gasteiger partial charge in [0.15, 0.2) is 9.84 Å². The molecule has 1 unspecified atom stereocenters. The lowest BCUT2D eigenvalue weighted by atomic mass is 10.2. The number of carbonyl (C=O) groups excluding carboxylic acids is 2. The van der Waals surface area contributed by atoms with Crippen LogP contribution in [0.25, 0.3) is 0 Å². The van der Waals surface area contributed by atoms with E-state index < -0.39 is 9.84 Å². The Morgan fingerprint density at radius 3 is 2.52 bits per heavy atom. The van der Waals surface area contributed by atoms with E-state index in [9.17, 15) is 18.0 Å². The molecule has 0 N–H and O–H groups in total. The summed E-state index contributed by atoms with van der Waals surface area (Å²) >= 11 is 0. The van der Waals surface area contributed by atoms with Crippen LogP contribution in [0.3, 0.4) is 0 Å². The molecule has 0 bridgehead atoms. The van der Waals surface area contributed by atoms with Crippen molar-refractivity contribution in [2.24, 2.45) is 5.92 Å². The Morgan fingerprint density at radius 1 is 1.19 bits per heavy atom. The predicted molar refractivity (Wildman–Crippen MR) is 103 cm³/mol. The highest BCUT2D eigenvalue weighted by atomic mass is 32.2. The largest absolute Gasteiger partial charge is 0.449 e. The molecule has 2 rings (SSSR count). The van der Waals surface area contributed by atoms with Gasteiger partial charge < -0.3 is 14.5 Å². The zero-order valence-electron chi connectivity index (χ0n) is 16.7. The number of amides is 2. The van der Waals surface area contributed by atoms with Crippen LogP contribution in [0.4, 0.5) is 4.79 Å². The van der Waals surface area contributed by atoms with Crippen molar-refractivity contribution in [3.05, 3.63) is 0 Å². The van der Waals surface area contributed by atoms with E-state index in [1.54, 1.807) is 9.80 Å². The molecule has 0 aromatic rings. The summed E-state index contributed by atoms with van der Waals surface area (Å²) in [5.41, 5.74) is 0. The number of hydrogen-bond donors (Lipinski definition) is 0. The number of carbonyl (C=O) groups is 2. The molecule has 9 heteroatoms. The maximum absolute atomic E-state index is 12.7. The molecular formula is C18H33N3O5S. The van der Waals surface area contributed by atoms with Gasteiger partial charge >= 0.3 is 6.09 Å². The Kier molecular flexibility index (Phi) is 7.91. The van der Waals surface area contributed by atoms with Gasteiger partial charge in [-0.3, -0.25) is 9.69 Å². The number of hydrogen-bond acceptors (Lipinski definition) is 6. The third-order valence-corrected chi connectivity index (χ3v) is 6.81. The average Bonchev–Trinajstić information content (AvgIpc) is 2.80. The second kappa shape index (κ2) is 9.73. The van der Waals surface area contributed by atoms with Gasteiger partial charge in [-0.25, -0.2) is 13.2 Å². The number of nitrogens with zero attached hydrogens (tertiary/aromatic N) is 3. The topological polar surface area (TPSA) is 87.2 Å². The van der Waals surface area contributed by atoms with Crippen molar-refractivity contribution in [1.29, 1.82) is 0 Å². The molecule has 2 fully saturated rings. The maximum atomic E-state index is 12.7. The highest BCUT2D eigenvalue weighted by Crippen LogP contribution is 2.18. The first-order chi connectivity index (χ1) is 12.7. The van der Waals surface area contributed by atoms with Gasteiger partial charge in [0.25, 0.3) is 0 Å². The Balaban J connectivity index is 1.84. The van der Waals surface area contributed by atoms with Crippen LogP contribution in [0, 0.1) is 5.92 Å². The molecule has 2 aliphatic rings. The summed E-state index contributed by atoms with van der Waals surface area (Å²) in [4.78, 5) is 30.3. The Hall–Kier alpha value is -1.35. The van der Waals surface area contributed by atoms with Crippen molar-refractivity contribution >= 4 is 21.8 Å². The second-order valence-corrected chi connectivity index (χ2v) is 10.1. The molecule has 0 radical (unpaired) electrons. The third-order valence-electron chi connectivity index (χ3n) is 5.06. The van der Waals surface area contributed by atoms with E-state index in [1.165, 1.54) is 0 Å². The summed E-state index contributed by atoms with van der Waals surface area (Å²) in [5.74, 6) is 0.505. The Morgan fingerprint density at radius 2 is 1.93 bits per heavy atom. The molecule has 2 heterocycles. The molecule has 0 aliphatic carbocycles. The highest BCUT2D eigenvalue weighted by Gasteiger charge is 2.34. The van der Waals surface area contributed by atoms with Crippen molar-refractivity contribution in [1.82, 2.24) is 14.7 Å². The quantitative estimate of drug-likeness (QED) is 0.653. The molecule has 2 saturated heterocycles. The van der Waals surface area contributed by atoms with E-state index in [0.717, 1.165) is 13.0 Å². The normalized spacial score (nSPS) is 23.3. The highest BCUT2D eigenvalue weighted by molar-refractivity contribution is 7.91. The molecule has 1 atom stereocenters. The fraction of sp³-hybridized carbons (Fsp3) is 0.889. The minimum Gasteiger partial charge on any atom is -0.449 e. The first-order valence-corrected chi connectivity index (χ1v) is 11.7. The van der Waals surface area contributed by atoms with Gasteiger partial charge in [0.1, 0.15) is 0 Å². The van der Waals surface area contributed by atoms with E-state index in [2.05, 4.69) is 0 Å². The number of rotatable bonds is 6. The fourth-order valence-corrected chi connectivity index (χ4v) is 5.31. The number of ether oxygens (including phenoxy) is 1. The standard InChI is InChI=1S/C18H33N3O5S/c1-4-21(16-6-11-27(24,25)14-16)17(22)12-19-7-5-8-20(10-9-19)18(23)26-13-15(2)3/h15-16H,4-14H2,1-3H3. The first-order valence-electron chi connectivity index (χ1n) is 9.85. The van der Waals surface area contributed by atoms with Crippen LogP contribution in [0.15, 0.2) is 0 Å². The van der Waals surface area contributed by atoms with Gasteiger partial charge in [0.2, 0.25) is 5.91 Å². The SMILES string of the molecule is CCN(C(=O)CN1CCCN(C(=O)OCC(C)C)CC1)C1CCS(=O)(=O)C1. The molecule has 2 amide bonds. The van der Waals surface area contributed by atoms with Crippen molar-refractivity contribution < 1.29 is 22.7 Å². The summed E-state index contributed by atoms with van der Waals surface area (Å²) in [7, 11) is -3.02. The Labute approximate surface area is 162 Å². The van der Waals surface area contributed by atoms with Crippen LogP contribution >= 0.6 is 0 Å². The molecule has 156 valence electrons. The van der Waals surface area contributed by atoms with E-state index >= 15 is 0 Å². The summed E-state index contributed by atoms with van der Waals surface area (Å²) in [6.45, 7) is 9.58. The molecule has 0 aromatic heterocycles. The van der Waals surface area contributed by atoms with Gasteiger partial charge in [0.05, 0.1) is 24.7 Å². The fourth-order valence-electron chi connectivity index (χ4n) is 3.58. The van der Waals surface area contributed by atoms with Gasteiger partial charge in [0, 0.05) is 38.8 Å². The van der Waals surface area contributed by atoms with Crippen LogP contribution in [0.5, 0.6) is 0 Å². The van der Waals surface area contributed by atoms with Gasteiger partial charge in [-0.15, -0.1) is 0 Å². The van der Waals surface area contributed by atoms with Crippen molar-refractivity contribution in [3.63, 3.8) is 0 Å². The summed E-state index contributed by atoms with van der Waals surface area (Å²) in [6.07, 6.45) is 1.02. The maximum Gasteiger partial charge on any atom is 0.409 e. The lowest BCUT2D eigenvalue weighted by molar-refractivity contribution is -0.134. The lowest BCUT2D eigenvalue weighted by Crippen LogP contribution is -2.47. The zero-order chi connectivity index (χ0) is 20.0. The van der Waals surface area contributed by atoms with E-state index in [0.29, 0.717) is 45.1 Å². The van der Waals surface area contributed by atoms with E-state index in [4.69, 9.17) is 4.74 Å². The predicted octanol–water partition coefficient (Wildman–Crippen LogP) is 0.822. The van der Waals surface area contributed by atoms with Gasteiger partial charge in [-0.1, -0.05) is 13.8 Å². The van der Waals surface area contributed by atoms with Gasteiger partial charge in [-0.05, 0) is 25.7 Å². The second-order valence-electron chi connectivity index (χ2n) is 7.82. The lowest BCUT2D eigenvalue weighted by Gasteiger charge is -2.29. The van der Waals surface area contributed by atoms with Crippen LogP contribution in [-0.4, -0.2) is 98.5 Å². The Bertz CT molecular complexity index is 622. The van der Waals surface area contributed by atoms with Crippen molar-refractivity contribution in [2.75, 3.05) is 57.4 Å². The summed E-state index contributed by atoms with van der Waals surface area (Å²) in [6, 6.07) is -0.206. The average molecular weight is 404 g/mol. The molecule has 0 spiro atoms. The van der Waals surface area contributed by atoms with Crippen LogP contribution in [0.2, 0.25) is 0 Å². The first kappa shape index (κ1) is 21.9. The molecular weight excluding hydrogens is 370 g/mol. The summed E-state index contributed by atoms with van der Waals surface area (Å²) < 4.78 is 28.7. The van der Waals surface area contributed by atoms with Crippen molar-refractivity contribution in [2.45, 2.75) is 39.7 Å². The molecule has 0 saturated carbocycles. The summed E-state index contributed by atoms with van der Waals surface area (Å²) in [5, 5.41) is 0. The smallest absolute Gasteiger partial charge is 0.409 e. The van der Waals surface area contributed by atoms with E-state index in [1.807, 2.05) is 25.7 Å². The van der Waals surface area contributed by atoms with Gasteiger partial charge in [-0.2, -0.15) is 0 Å². The minimum absolute atomic E-state index is 0.0320. The van der Waals surface area contributed by atoms with Crippen molar-refractivity contribution in [3.8, 4) is 0 Å². The monoisotopic (exact) mass is 403 g/mol. The molecule has 2 aliphatic heterocycles. The molecule has 8 nitrogen and oxygen atoms in total. The van der Waals surface area contributed by atoms with E-state index in [-0.39, 0.29) is 36.1 Å². The number of likely N-dealkylation sites (N-methyl/N-ethyl adjacent to an activating group) is 1. The minimum atomic E-state index is -3.02. The molecule has 27 heavy (non-hydrogen) atoms. The van der Waals surface area contributed by atoms with Crippen LogP contribution in [0.1, 0.15) is 33.6 Å².